The maximum Gasteiger partial charge on any atom is 0.00992 e. The maximum absolute atomic E-state index is 5.66. The number of hydrogen-bond donors (Lipinski definition) is 2. The highest BCUT2D eigenvalue weighted by molar-refractivity contribution is 4.97. The van der Waals surface area contributed by atoms with Crippen molar-refractivity contribution in [1.82, 2.24) is 5.32 Å². The summed E-state index contributed by atoms with van der Waals surface area (Å²) in [6, 6.07) is 2.08. The monoisotopic (exact) mass is 140 g/mol. The van der Waals surface area contributed by atoms with Crippen molar-refractivity contribution in [2.45, 2.75) is 44.3 Å². The Morgan fingerprint density at radius 2 is 1.90 bits per heavy atom. The third-order valence-corrected chi connectivity index (χ3v) is 2.73. The first-order valence-corrected chi connectivity index (χ1v) is 4.27. The predicted octanol–water partition coefficient (Wildman–Crippen LogP) is 0.474. The fourth-order valence-corrected chi connectivity index (χ4v) is 1.65. The second-order valence-corrected chi connectivity index (χ2v) is 3.91. The fourth-order valence-electron chi connectivity index (χ4n) is 1.65. The summed E-state index contributed by atoms with van der Waals surface area (Å²) in [6.07, 6.45) is 3.78. The molecule has 0 aromatic carbocycles. The lowest BCUT2D eigenvalue weighted by molar-refractivity contribution is 0.287. The SMILES string of the molecule is C[C@@H]1C[C@H]1N[C@H]1C[C@@H](N)C1. The molecule has 2 fully saturated rings. The maximum atomic E-state index is 5.66. The van der Waals surface area contributed by atoms with Crippen LogP contribution in [0.5, 0.6) is 0 Å². The molecule has 0 heterocycles. The Morgan fingerprint density at radius 1 is 1.30 bits per heavy atom. The molecule has 2 aliphatic carbocycles. The van der Waals surface area contributed by atoms with Gasteiger partial charge in [0.2, 0.25) is 0 Å². The van der Waals surface area contributed by atoms with Crippen LogP contribution in [0, 0.1) is 5.92 Å². The molecule has 3 N–H and O–H groups in total. The molecule has 0 spiro atoms. The van der Waals surface area contributed by atoms with Gasteiger partial charge in [-0.15, -0.1) is 0 Å². The van der Waals surface area contributed by atoms with Crippen molar-refractivity contribution in [3.63, 3.8) is 0 Å². The van der Waals surface area contributed by atoms with Crippen molar-refractivity contribution in [2.75, 3.05) is 0 Å². The average Bonchev–Trinajstić information content (AvgIpc) is 2.43. The molecule has 0 amide bonds. The normalized spacial score (nSPS) is 52.2. The summed E-state index contributed by atoms with van der Waals surface area (Å²) >= 11 is 0. The molecule has 10 heavy (non-hydrogen) atoms. The molecular formula is C8H16N2. The molecule has 2 rings (SSSR count). The lowest BCUT2D eigenvalue weighted by Gasteiger charge is -2.33. The first-order valence-electron chi connectivity index (χ1n) is 4.27. The molecule has 0 aromatic heterocycles. The highest BCUT2D eigenvalue weighted by atomic mass is 15.0. The molecule has 0 bridgehead atoms. The van der Waals surface area contributed by atoms with E-state index in [1.54, 1.807) is 0 Å². The molecule has 2 nitrogen and oxygen atoms in total. The van der Waals surface area contributed by atoms with E-state index in [2.05, 4.69) is 12.2 Å². The zero-order valence-corrected chi connectivity index (χ0v) is 6.51. The summed E-state index contributed by atoms with van der Waals surface area (Å²) in [5, 5.41) is 3.59. The average molecular weight is 140 g/mol. The molecule has 2 atom stereocenters. The number of hydrogen-bond acceptors (Lipinski definition) is 2. The van der Waals surface area contributed by atoms with Gasteiger partial charge in [0.1, 0.15) is 0 Å². The van der Waals surface area contributed by atoms with Gasteiger partial charge in [0.15, 0.2) is 0 Å². The van der Waals surface area contributed by atoms with Gasteiger partial charge in [0.05, 0.1) is 0 Å². The van der Waals surface area contributed by atoms with Crippen LogP contribution in [0.4, 0.5) is 0 Å². The van der Waals surface area contributed by atoms with Gasteiger partial charge in [-0.25, -0.2) is 0 Å². The van der Waals surface area contributed by atoms with E-state index in [4.69, 9.17) is 5.73 Å². The lowest BCUT2D eigenvalue weighted by Crippen LogP contribution is -2.49. The van der Waals surface area contributed by atoms with Crippen LogP contribution in [0.15, 0.2) is 0 Å². The zero-order valence-electron chi connectivity index (χ0n) is 6.51. The molecule has 0 unspecified atom stereocenters. The third kappa shape index (κ3) is 1.18. The van der Waals surface area contributed by atoms with Crippen LogP contribution < -0.4 is 11.1 Å². The van der Waals surface area contributed by atoms with Gasteiger partial charge in [-0.3, -0.25) is 0 Å². The smallest absolute Gasteiger partial charge is 0.00992 e. The van der Waals surface area contributed by atoms with E-state index in [0.29, 0.717) is 6.04 Å². The fraction of sp³-hybridized carbons (Fsp3) is 1.00. The van der Waals surface area contributed by atoms with Crippen LogP contribution in [0.3, 0.4) is 0 Å². The predicted molar refractivity (Wildman–Crippen MR) is 41.7 cm³/mol. The molecule has 0 saturated heterocycles. The van der Waals surface area contributed by atoms with Crippen LogP contribution in [0.1, 0.15) is 26.2 Å². The van der Waals surface area contributed by atoms with Crippen molar-refractivity contribution >= 4 is 0 Å². The molecule has 0 radical (unpaired) electrons. The standard InChI is InChI=1S/C8H16N2/c1-5-2-8(5)10-7-3-6(9)4-7/h5-8,10H,2-4,9H2,1H3/t5-,6-,7+,8-/m1/s1. The van der Waals surface area contributed by atoms with E-state index in [9.17, 15) is 0 Å². The second-order valence-electron chi connectivity index (χ2n) is 3.91. The van der Waals surface area contributed by atoms with E-state index in [0.717, 1.165) is 18.0 Å². The summed E-state index contributed by atoms with van der Waals surface area (Å²) in [4.78, 5) is 0. The highest BCUT2D eigenvalue weighted by Gasteiger charge is 2.37. The van der Waals surface area contributed by atoms with Crippen LogP contribution >= 0.6 is 0 Å². The van der Waals surface area contributed by atoms with E-state index in [1.807, 2.05) is 0 Å². The second kappa shape index (κ2) is 2.21. The van der Waals surface area contributed by atoms with Crippen molar-refractivity contribution in [3.8, 4) is 0 Å². The van der Waals surface area contributed by atoms with Gasteiger partial charge in [0, 0.05) is 18.1 Å². The topological polar surface area (TPSA) is 38.0 Å². The van der Waals surface area contributed by atoms with Gasteiger partial charge in [-0.1, -0.05) is 6.92 Å². The van der Waals surface area contributed by atoms with Crippen molar-refractivity contribution < 1.29 is 0 Å². The van der Waals surface area contributed by atoms with Gasteiger partial charge in [0.25, 0.3) is 0 Å². The quantitative estimate of drug-likeness (QED) is 0.585. The Kier molecular flexibility index (Phi) is 1.46. The van der Waals surface area contributed by atoms with Crippen LogP contribution in [-0.2, 0) is 0 Å². The first-order chi connectivity index (χ1) is 4.75. The van der Waals surface area contributed by atoms with Crippen LogP contribution in [0.25, 0.3) is 0 Å². The molecule has 0 aromatic rings. The van der Waals surface area contributed by atoms with Crippen LogP contribution in [0.2, 0.25) is 0 Å². The van der Waals surface area contributed by atoms with Gasteiger partial charge in [-0.2, -0.15) is 0 Å². The van der Waals surface area contributed by atoms with E-state index in [-0.39, 0.29) is 0 Å². The number of nitrogens with one attached hydrogen (secondary N) is 1. The Labute approximate surface area is 62.2 Å². The van der Waals surface area contributed by atoms with Gasteiger partial charge < -0.3 is 11.1 Å². The molecule has 58 valence electrons. The summed E-state index contributed by atoms with van der Waals surface area (Å²) in [7, 11) is 0. The zero-order chi connectivity index (χ0) is 7.14. The summed E-state index contributed by atoms with van der Waals surface area (Å²) < 4.78 is 0. The Bertz CT molecular complexity index is 129. The van der Waals surface area contributed by atoms with E-state index in [1.165, 1.54) is 19.3 Å². The molecule has 2 saturated carbocycles. The van der Waals surface area contributed by atoms with Gasteiger partial charge in [-0.05, 0) is 25.2 Å². The first kappa shape index (κ1) is 6.62. The Hall–Kier alpha value is -0.0800. The molecule has 2 aliphatic rings. The number of nitrogens with two attached hydrogens (primary N) is 1. The minimum atomic E-state index is 0.492. The highest BCUT2D eigenvalue weighted by Crippen LogP contribution is 2.32. The van der Waals surface area contributed by atoms with Crippen molar-refractivity contribution in [2.24, 2.45) is 11.7 Å². The Balaban J connectivity index is 1.64. The number of rotatable bonds is 2. The van der Waals surface area contributed by atoms with E-state index < -0.39 is 0 Å². The minimum absolute atomic E-state index is 0.492. The van der Waals surface area contributed by atoms with Gasteiger partial charge >= 0.3 is 0 Å². The third-order valence-electron chi connectivity index (χ3n) is 2.73. The molecular weight excluding hydrogens is 124 g/mol. The molecule has 0 aliphatic heterocycles. The summed E-state index contributed by atoms with van der Waals surface area (Å²) in [5.74, 6) is 0.928. The minimum Gasteiger partial charge on any atom is -0.328 e. The summed E-state index contributed by atoms with van der Waals surface area (Å²) in [5.41, 5.74) is 5.66. The lowest BCUT2D eigenvalue weighted by atomic mass is 9.87. The van der Waals surface area contributed by atoms with Crippen molar-refractivity contribution in [1.29, 1.82) is 0 Å². The largest absolute Gasteiger partial charge is 0.328 e. The van der Waals surface area contributed by atoms with Crippen molar-refractivity contribution in [3.05, 3.63) is 0 Å². The molecule has 2 heteroatoms. The summed E-state index contributed by atoms with van der Waals surface area (Å²) in [6.45, 7) is 2.30. The van der Waals surface area contributed by atoms with E-state index >= 15 is 0 Å². The Morgan fingerprint density at radius 3 is 2.30 bits per heavy atom. The van der Waals surface area contributed by atoms with Crippen LogP contribution in [-0.4, -0.2) is 18.1 Å².